The van der Waals surface area contributed by atoms with Gasteiger partial charge in [-0.25, -0.2) is 0 Å². The molecule has 0 N–H and O–H groups in total. The average Bonchev–Trinajstić information content (AvgIpc) is 2.66. The van der Waals surface area contributed by atoms with E-state index in [0.717, 1.165) is 37.7 Å². The van der Waals surface area contributed by atoms with Crippen LogP contribution in [0.15, 0.2) is 0 Å². The lowest BCUT2D eigenvalue weighted by molar-refractivity contribution is -0.130. The molecular weight excluding hydrogens is 266 g/mol. The fourth-order valence-corrected chi connectivity index (χ4v) is 2.62. The molecule has 1 rings (SSSR count). The third-order valence-corrected chi connectivity index (χ3v) is 4.10. The number of carbonyl (C=O) groups is 1. The molecule has 1 aliphatic heterocycles. The van der Waals surface area contributed by atoms with Crippen molar-refractivity contribution in [2.75, 3.05) is 18.4 Å². The molecule has 0 aromatic rings. The van der Waals surface area contributed by atoms with Crippen LogP contribution >= 0.6 is 15.9 Å². The van der Waals surface area contributed by atoms with Gasteiger partial charge in [0.05, 0.1) is 0 Å². The molecular formula is C13H24BrNO. The minimum absolute atomic E-state index is 0.338. The molecule has 0 spiro atoms. The highest BCUT2D eigenvalue weighted by Gasteiger charge is 2.33. The first-order chi connectivity index (χ1) is 7.45. The van der Waals surface area contributed by atoms with E-state index in [9.17, 15) is 4.79 Å². The molecule has 3 heteroatoms. The van der Waals surface area contributed by atoms with E-state index in [1.807, 2.05) is 0 Å². The van der Waals surface area contributed by atoms with E-state index in [4.69, 9.17) is 0 Å². The highest BCUT2D eigenvalue weighted by molar-refractivity contribution is 9.09. The van der Waals surface area contributed by atoms with Crippen molar-refractivity contribution < 1.29 is 4.79 Å². The Bertz CT molecular complexity index is 235. The fraction of sp³-hybridized carbons (Fsp3) is 0.923. The topological polar surface area (TPSA) is 20.3 Å². The van der Waals surface area contributed by atoms with Crippen molar-refractivity contribution in [3.05, 3.63) is 0 Å². The molecule has 1 atom stereocenters. The Morgan fingerprint density at radius 3 is 2.56 bits per heavy atom. The van der Waals surface area contributed by atoms with Crippen LogP contribution in [-0.2, 0) is 4.79 Å². The van der Waals surface area contributed by atoms with E-state index >= 15 is 0 Å². The number of halogens is 1. The van der Waals surface area contributed by atoms with Gasteiger partial charge in [-0.3, -0.25) is 4.79 Å². The maximum absolute atomic E-state index is 11.9. The van der Waals surface area contributed by atoms with Crippen molar-refractivity contribution in [3.63, 3.8) is 0 Å². The van der Waals surface area contributed by atoms with Gasteiger partial charge in [0.1, 0.15) is 0 Å². The second-order valence-corrected chi connectivity index (χ2v) is 6.63. The summed E-state index contributed by atoms with van der Waals surface area (Å²) in [7, 11) is 0. The first kappa shape index (κ1) is 14.0. The van der Waals surface area contributed by atoms with Crippen molar-refractivity contribution in [3.8, 4) is 0 Å². The van der Waals surface area contributed by atoms with Crippen LogP contribution in [0.25, 0.3) is 0 Å². The molecule has 1 fully saturated rings. The molecule has 1 saturated heterocycles. The number of hydrogen-bond donors (Lipinski definition) is 0. The zero-order chi connectivity index (χ0) is 12.2. The normalized spacial score (nSPS) is 21.5. The second-order valence-electron chi connectivity index (χ2n) is 5.84. The second kappa shape index (κ2) is 6.04. The molecule has 0 aliphatic carbocycles. The van der Waals surface area contributed by atoms with Gasteiger partial charge in [-0.05, 0) is 30.6 Å². The lowest BCUT2D eigenvalue weighted by atomic mass is 9.80. The number of rotatable bonds is 4. The minimum Gasteiger partial charge on any atom is -0.342 e. The Morgan fingerprint density at radius 2 is 2.06 bits per heavy atom. The number of hydrogen-bond acceptors (Lipinski definition) is 1. The Labute approximate surface area is 108 Å². The van der Waals surface area contributed by atoms with Crippen LogP contribution in [0, 0.1) is 11.3 Å². The first-order valence-electron chi connectivity index (χ1n) is 6.29. The van der Waals surface area contributed by atoms with Gasteiger partial charge in [0, 0.05) is 24.8 Å². The van der Waals surface area contributed by atoms with Gasteiger partial charge in [0.25, 0.3) is 0 Å². The Morgan fingerprint density at radius 1 is 1.38 bits per heavy atom. The monoisotopic (exact) mass is 289 g/mol. The predicted molar refractivity (Wildman–Crippen MR) is 71.8 cm³/mol. The van der Waals surface area contributed by atoms with E-state index < -0.39 is 0 Å². The first-order valence-corrected chi connectivity index (χ1v) is 7.41. The summed E-state index contributed by atoms with van der Waals surface area (Å²) in [6.45, 7) is 8.76. The smallest absolute Gasteiger partial charge is 0.222 e. The lowest BCUT2D eigenvalue weighted by Gasteiger charge is -2.27. The standard InChI is InChI=1S/C13H24BrNO/c1-13(2,3)11-7-9-15(10-11)12(16)6-4-5-8-14/h11H,4-10H2,1-3H3. The zero-order valence-corrected chi connectivity index (χ0v) is 12.3. The van der Waals surface area contributed by atoms with Gasteiger partial charge < -0.3 is 4.90 Å². The van der Waals surface area contributed by atoms with Crippen molar-refractivity contribution in [2.24, 2.45) is 11.3 Å². The Hall–Kier alpha value is -0.0500. The van der Waals surface area contributed by atoms with Crippen LogP contribution in [-0.4, -0.2) is 29.2 Å². The van der Waals surface area contributed by atoms with E-state index in [0.29, 0.717) is 17.2 Å². The van der Waals surface area contributed by atoms with Crippen LogP contribution < -0.4 is 0 Å². The number of nitrogens with zero attached hydrogens (tertiary/aromatic N) is 1. The quantitative estimate of drug-likeness (QED) is 0.573. The van der Waals surface area contributed by atoms with Gasteiger partial charge in [-0.2, -0.15) is 0 Å². The molecule has 94 valence electrons. The predicted octanol–water partition coefficient (Wildman–Crippen LogP) is 3.45. The van der Waals surface area contributed by atoms with Gasteiger partial charge in [-0.15, -0.1) is 0 Å². The van der Waals surface area contributed by atoms with Gasteiger partial charge in [0.15, 0.2) is 0 Å². The van der Waals surface area contributed by atoms with E-state index in [-0.39, 0.29) is 0 Å². The van der Waals surface area contributed by atoms with Crippen LogP contribution in [0.1, 0.15) is 46.5 Å². The summed E-state index contributed by atoms with van der Waals surface area (Å²) in [4.78, 5) is 14.0. The van der Waals surface area contributed by atoms with Crippen LogP contribution in [0.4, 0.5) is 0 Å². The van der Waals surface area contributed by atoms with Gasteiger partial charge in [0.2, 0.25) is 5.91 Å². The summed E-state index contributed by atoms with van der Waals surface area (Å²) in [6, 6.07) is 0. The largest absolute Gasteiger partial charge is 0.342 e. The minimum atomic E-state index is 0.338. The van der Waals surface area contributed by atoms with Gasteiger partial charge in [-0.1, -0.05) is 36.7 Å². The number of likely N-dealkylation sites (tertiary alicyclic amines) is 1. The molecule has 1 heterocycles. The zero-order valence-electron chi connectivity index (χ0n) is 10.8. The maximum Gasteiger partial charge on any atom is 0.222 e. The molecule has 0 bridgehead atoms. The molecule has 1 unspecified atom stereocenters. The van der Waals surface area contributed by atoms with Crippen molar-refractivity contribution in [1.29, 1.82) is 0 Å². The molecule has 1 aliphatic rings. The maximum atomic E-state index is 11.9. The fourth-order valence-electron chi connectivity index (χ4n) is 2.22. The summed E-state index contributed by atoms with van der Waals surface area (Å²) < 4.78 is 0. The van der Waals surface area contributed by atoms with Gasteiger partial charge >= 0.3 is 0 Å². The van der Waals surface area contributed by atoms with Crippen LogP contribution in [0.5, 0.6) is 0 Å². The number of carbonyl (C=O) groups excluding carboxylic acids is 1. The van der Waals surface area contributed by atoms with E-state index in [1.165, 1.54) is 6.42 Å². The van der Waals surface area contributed by atoms with E-state index in [2.05, 4.69) is 41.6 Å². The molecule has 0 saturated carbocycles. The summed E-state index contributed by atoms with van der Waals surface area (Å²) in [5.74, 6) is 1.03. The van der Waals surface area contributed by atoms with Crippen LogP contribution in [0.3, 0.4) is 0 Å². The molecule has 16 heavy (non-hydrogen) atoms. The summed E-state index contributed by atoms with van der Waals surface area (Å²) in [5, 5.41) is 1.00. The number of amides is 1. The summed E-state index contributed by atoms with van der Waals surface area (Å²) in [5.41, 5.74) is 0.338. The highest BCUT2D eigenvalue weighted by atomic mass is 79.9. The van der Waals surface area contributed by atoms with Crippen molar-refractivity contribution in [1.82, 2.24) is 4.90 Å². The molecule has 1 amide bonds. The lowest BCUT2D eigenvalue weighted by Crippen LogP contribution is -2.30. The van der Waals surface area contributed by atoms with Crippen molar-refractivity contribution >= 4 is 21.8 Å². The summed E-state index contributed by atoms with van der Waals surface area (Å²) in [6.07, 6.45) is 4.01. The Balaban J connectivity index is 2.32. The number of alkyl halides is 1. The molecule has 0 aromatic carbocycles. The Kier molecular flexibility index (Phi) is 5.29. The summed E-state index contributed by atoms with van der Waals surface area (Å²) >= 11 is 3.39. The third-order valence-electron chi connectivity index (χ3n) is 3.54. The SMILES string of the molecule is CC(C)(C)C1CCN(C(=O)CCCCBr)C1. The van der Waals surface area contributed by atoms with Crippen molar-refractivity contribution in [2.45, 2.75) is 46.5 Å². The van der Waals surface area contributed by atoms with Crippen LogP contribution in [0.2, 0.25) is 0 Å². The molecule has 2 nitrogen and oxygen atoms in total. The van der Waals surface area contributed by atoms with E-state index in [1.54, 1.807) is 0 Å². The molecule has 0 aromatic heterocycles. The number of unbranched alkanes of at least 4 members (excludes halogenated alkanes) is 1. The third kappa shape index (κ3) is 4.08. The highest BCUT2D eigenvalue weighted by Crippen LogP contribution is 2.33. The molecule has 0 radical (unpaired) electrons. The average molecular weight is 290 g/mol.